The van der Waals surface area contributed by atoms with Gasteiger partial charge in [-0.15, -0.1) is 5.10 Å². The minimum absolute atomic E-state index is 0.100. The number of benzene rings is 1. The molecule has 1 aliphatic heterocycles. The first kappa shape index (κ1) is 15.3. The molecule has 0 saturated carbocycles. The summed E-state index contributed by atoms with van der Waals surface area (Å²) in [4.78, 5) is 17.6. The van der Waals surface area contributed by atoms with Crippen LogP contribution in [0.5, 0.6) is 0 Å². The fourth-order valence-electron chi connectivity index (χ4n) is 2.21. The predicted molar refractivity (Wildman–Crippen MR) is 85.4 cm³/mol. The molecule has 9 heteroatoms. The molecule has 120 valence electrons. The topological polar surface area (TPSA) is 110 Å². The van der Waals surface area contributed by atoms with E-state index >= 15 is 0 Å². The Morgan fingerprint density at radius 2 is 2.22 bits per heavy atom. The molecule has 3 rings (SSSR count). The zero-order valence-corrected chi connectivity index (χ0v) is 13.3. The first-order valence-corrected chi connectivity index (χ1v) is 7.24. The van der Waals surface area contributed by atoms with E-state index < -0.39 is 5.54 Å². The number of nitrogens with one attached hydrogen (secondary N) is 1. The second kappa shape index (κ2) is 5.54. The van der Waals surface area contributed by atoms with Crippen molar-refractivity contribution < 1.29 is 9.21 Å². The molecule has 1 aromatic heterocycles. The van der Waals surface area contributed by atoms with Crippen LogP contribution in [-0.2, 0) is 10.3 Å². The number of carbonyl (C=O) groups excluding carboxylic acids is 1. The molecule has 2 aromatic rings. The van der Waals surface area contributed by atoms with E-state index in [1.54, 1.807) is 32.2 Å². The number of nitrogens with zero attached hydrogens (tertiary/aromatic N) is 4. The number of rotatable bonds is 3. The number of hydrogen-bond donors (Lipinski definition) is 2. The molecule has 1 amide bonds. The quantitative estimate of drug-likeness (QED) is 0.886. The van der Waals surface area contributed by atoms with Crippen LogP contribution in [-0.4, -0.2) is 34.0 Å². The SMILES string of the molecule is CN1C(=O)C[C@@](C)(c2nnc(Nc3cccc(Cl)c3)o2)N=C1N. The molecule has 0 fully saturated rings. The van der Waals surface area contributed by atoms with Crippen molar-refractivity contribution in [3.8, 4) is 0 Å². The van der Waals surface area contributed by atoms with Gasteiger partial charge < -0.3 is 15.5 Å². The fourth-order valence-corrected chi connectivity index (χ4v) is 2.40. The maximum atomic E-state index is 12.0. The molecule has 1 aromatic carbocycles. The fraction of sp³-hybridized carbons (Fsp3) is 0.286. The number of nitrogens with two attached hydrogens (primary N) is 1. The maximum Gasteiger partial charge on any atom is 0.320 e. The van der Waals surface area contributed by atoms with E-state index in [1.165, 1.54) is 4.90 Å². The Hall–Kier alpha value is -2.61. The number of aliphatic imine (C=N–C) groups is 1. The van der Waals surface area contributed by atoms with Gasteiger partial charge in [-0.2, -0.15) is 0 Å². The summed E-state index contributed by atoms with van der Waals surface area (Å²) in [5.41, 5.74) is 5.49. The van der Waals surface area contributed by atoms with Crippen molar-refractivity contribution in [1.29, 1.82) is 0 Å². The van der Waals surface area contributed by atoms with Crippen LogP contribution in [0, 0.1) is 0 Å². The van der Waals surface area contributed by atoms with E-state index in [0.29, 0.717) is 10.7 Å². The van der Waals surface area contributed by atoms with Gasteiger partial charge in [0.05, 0.1) is 6.42 Å². The average Bonchev–Trinajstić information content (AvgIpc) is 2.94. The van der Waals surface area contributed by atoms with Gasteiger partial charge in [0.25, 0.3) is 0 Å². The van der Waals surface area contributed by atoms with Gasteiger partial charge in [-0.1, -0.05) is 22.8 Å². The van der Waals surface area contributed by atoms with E-state index in [0.717, 1.165) is 0 Å². The van der Waals surface area contributed by atoms with Crippen molar-refractivity contribution in [3.05, 3.63) is 35.2 Å². The molecule has 23 heavy (non-hydrogen) atoms. The molecule has 0 unspecified atom stereocenters. The van der Waals surface area contributed by atoms with Crippen LogP contribution >= 0.6 is 11.6 Å². The van der Waals surface area contributed by atoms with E-state index in [9.17, 15) is 4.79 Å². The molecule has 8 nitrogen and oxygen atoms in total. The minimum Gasteiger partial charge on any atom is -0.405 e. The molecule has 0 bridgehead atoms. The molecule has 2 heterocycles. The first-order valence-electron chi connectivity index (χ1n) is 6.86. The zero-order valence-electron chi connectivity index (χ0n) is 12.6. The molecule has 0 spiro atoms. The molecular formula is C14H15ClN6O2. The zero-order chi connectivity index (χ0) is 16.6. The second-order valence-corrected chi connectivity index (χ2v) is 5.86. The van der Waals surface area contributed by atoms with Crippen LogP contribution in [0.4, 0.5) is 11.7 Å². The molecule has 1 atom stereocenters. The Labute approximate surface area is 137 Å². The number of carbonyl (C=O) groups is 1. The van der Waals surface area contributed by atoms with Crippen molar-refractivity contribution in [3.63, 3.8) is 0 Å². The number of aromatic nitrogens is 2. The van der Waals surface area contributed by atoms with Crippen LogP contribution in [0.1, 0.15) is 19.2 Å². The standard InChI is InChI=1S/C14H15ClN6O2/c1-14(7-10(22)21(2)12(16)18-14)11-19-20-13(23-11)17-9-5-3-4-8(15)6-9/h3-6H,7H2,1-2H3,(H2,16,18)(H,17,20)/t14-/m0/s1. The molecule has 1 aliphatic rings. The summed E-state index contributed by atoms with van der Waals surface area (Å²) in [7, 11) is 1.57. The van der Waals surface area contributed by atoms with Gasteiger partial charge in [0.1, 0.15) is 5.54 Å². The predicted octanol–water partition coefficient (Wildman–Crippen LogP) is 1.86. The lowest BCUT2D eigenvalue weighted by molar-refractivity contribution is -0.128. The van der Waals surface area contributed by atoms with Crippen molar-refractivity contribution in [2.45, 2.75) is 18.9 Å². The Bertz CT molecular complexity index is 789. The van der Waals surface area contributed by atoms with Crippen LogP contribution in [0.15, 0.2) is 33.7 Å². The van der Waals surface area contributed by atoms with E-state index in [2.05, 4.69) is 20.5 Å². The second-order valence-electron chi connectivity index (χ2n) is 5.42. The number of hydrogen-bond acceptors (Lipinski definition) is 7. The summed E-state index contributed by atoms with van der Waals surface area (Å²) < 4.78 is 5.59. The lowest BCUT2D eigenvalue weighted by Gasteiger charge is -2.30. The van der Waals surface area contributed by atoms with E-state index in [-0.39, 0.29) is 30.2 Å². The number of guanidine groups is 1. The number of halogens is 1. The van der Waals surface area contributed by atoms with Crippen LogP contribution < -0.4 is 11.1 Å². The van der Waals surface area contributed by atoms with Crippen LogP contribution in [0.25, 0.3) is 0 Å². The van der Waals surface area contributed by atoms with Crippen molar-refractivity contribution >= 4 is 35.2 Å². The molecule has 0 aliphatic carbocycles. The van der Waals surface area contributed by atoms with Gasteiger partial charge in [0, 0.05) is 17.8 Å². The van der Waals surface area contributed by atoms with Crippen molar-refractivity contribution in [2.75, 3.05) is 12.4 Å². The highest BCUT2D eigenvalue weighted by atomic mass is 35.5. The van der Waals surface area contributed by atoms with Crippen molar-refractivity contribution in [2.24, 2.45) is 10.7 Å². The molecule has 0 saturated heterocycles. The van der Waals surface area contributed by atoms with Gasteiger partial charge in [-0.05, 0) is 25.1 Å². The summed E-state index contributed by atoms with van der Waals surface area (Å²) >= 11 is 5.93. The first-order chi connectivity index (χ1) is 10.9. The Balaban J connectivity index is 1.86. The maximum absolute atomic E-state index is 12.0. The summed E-state index contributed by atoms with van der Waals surface area (Å²) in [6.07, 6.45) is 0.100. The van der Waals surface area contributed by atoms with Crippen molar-refractivity contribution in [1.82, 2.24) is 15.1 Å². The third-order valence-electron chi connectivity index (χ3n) is 3.54. The highest BCUT2D eigenvalue weighted by molar-refractivity contribution is 6.30. The summed E-state index contributed by atoms with van der Waals surface area (Å²) in [6, 6.07) is 7.27. The van der Waals surface area contributed by atoms with E-state index in [1.807, 2.05) is 6.07 Å². The number of anilines is 2. The normalized spacial score (nSPS) is 21.3. The third kappa shape index (κ3) is 2.98. The third-order valence-corrected chi connectivity index (χ3v) is 3.77. The average molecular weight is 335 g/mol. The monoisotopic (exact) mass is 334 g/mol. The smallest absolute Gasteiger partial charge is 0.320 e. The summed E-state index contributed by atoms with van der Waals surface area (Å²) in [5, 5.41) is 11.4. The van der Waals surface area contributed by atoms with Gasteiger partial charge in [0.2, 0.25) is 11.8 Å². The van der Waals surface area contributed by atoms with Crippen LogP contribution in [0.3, 0.4) is 0 Å². The van der Waals surface area contributed by atoms with E-state index in [4.69, 9.17) is 21.8 Å². The Morgan fingerprint density at radius 1 is 1.43 bits per heavy atom. The lowest BCUT2D eigenvalue weighted by atomic mass is 9.96. The Morgan fingerprint density at radius 3 is 2.91 bits per heavy atom. The van der Waals surface area contributed by atoms with Gasteiger partial charge in [-0.25, -0.2) is 4.99 Å². The highest BCUT2D eigenvalue weighted by Crippen LogP contribution is 2.33. The van der Waals surface area contributed by atoms with Gasteiger partial charge >= 0.3 is 6.01 Å². The number of amides is 1. The molecule has 0 radical (unpaired) electrons. The lowest BCUT2D eigenvalue weighted by Crippen LogP contribution is -2.47. The highest BCUT2D eigenvalue weighted by Gasteiger charge is 2.40. The summed E-state index contributed by atoms with van der Waals surface area (Å²) in [5.74, 6) is 0.167. The molecular weight excluding hydrogens is 320 g/mol. The largest absolute Gasteiger partial charge is 0.405 e. The Kier molecular flexibility index (Phi) is 3.69. The van der Waals surface area contributed by atoms with Crippen LogP contribution in [0.2, 0.25) is 5.02 Å². The molecule has 3 N–H and O–H groups in total. The van der Waals surface area contributed by atoms with Gasteiger partial charge in [-0.3, -0.25) is 9.69 Å². The minimum atomic E-state index is -0.977. The summed E-state index contributed by atoms with van der Waals surface area (Å²) in [6.45, 7) is 1.72. The van der Waals surface area contributed by atoms with Gasteiger partial charge in [0.15, 0.2) is 5.96 Å².